The van der Waals surface area contributed by atoms with Gasteiger partial charge in [-0.25, -0.2) is 4.79 Å². The quantitative estimate of drug-likeness (QED) is 0.577. The van der Waals surface area contributed by atoms with Gasteiger partial charge in [0.25, 0.3) is 0 Å². The summed E-state index contributed by atoms with van der Waals surface area (Å²) in [4.78, 5) is 39.9. The molecule has 0 unspecified atom stereocenters. The highest BCUT2D eigenvalue weighted by Crippen LogP contribution is 2.43. The molecule has 4 atom stereocenters. The largest absolute Gasteiger partial charge is 0.453 e. The van der Waals surface area contributed by atoms with E-state index < -0.39 is 18.2 Å². The van der Waals surface area contributed by atoms with Gasteiger partial charge >= 0.3 is 6.09 Å². The summed E-state index contributed by atoms with van der Waals surface area (Å²) in [5.41, 5.74) is 6.97. The second-order valence-corrected chi connectivity index (χ2v) is 8.91. The van der Waals surface area contributed by atoms with E-state index in [2.05, 4.69) is 31.3 Å². The molecule has 1 heterocycles. The minimum Gasteiger partial charge on any atom is -0.453 e. The number of carbonyl (C=O) groups excluding carboxylic acids is 3. The summed E-state index contributed by atoms with van der Waals surface area (Å²) in [6.45, 7) is 3.70. The molecule has 2 fully saturated rings. The monoisotopic (exact) mass is 466 g/mol. The highest BCUT2D eigenvalue weighted by Gasteiger charge is 2.52. The number of alkyl carbamates (subject to hydrolysis) is 1. The van der Waals surface area contributed by atoms with Crippen LogP contribution >= 0.6 is 15.9 Å². The van der Waals surface area contributed by atoms with Crippen molar-refractivity contribution in [1.82, 2.24) is 10.2 Å². The second-order valence-electron chi connectivity index (χ2n) is 8.00. The van der Waals surface area contributed by atoms with Gasteiger partial charge in [0.05, 0.1) is 18.5 Å². The highest BCUT2D eigenvalue weighted by molar-refractivity contribution is 9.10. The maximum Gasteiger partial charge on any atom is 0.407 e. The van der Waals surface area contributed by atoms with Gasteiger partial charge < -0.3 is 26.0 Å². The minimum absolute atomic E-state index is 0.00575. The van der Waals surface area contributed by atoms with Crippen LogP contribution in [0, 0.1) is 11.8 Å². The number of halogens is 1. The second kappa shape index (κ2) is 8.61. The molecule has 1 aliphatic heterocycles. The van der Waals surface area contributed by atoms with E-state index >= 15 is 0 Å². The third kappa shape index (κ3) is 4.34. The average Bonchev–Trinajstić information content (AvgIpc) is 3.28. The van der Waals surface area contributed by atoms with Gasteiger partial charge in [0, 0.05) is 10.5 Å². The Morgan fingerprint density at radius 2 is 2.00 bits per heavy atom. The number of likely N-dealkylation sites (tertiary alicyclic amines) is 1. The molecule has 1 saturated heterocycles. The Labute approximate surface area is 178 Å². The number of carbonyl (C=O) groups is 3. The van der Waals surface area contributed by atoms with Crippen molar-refractivity contribution < 1.29 is 19.1 Å². The lowest BCUT2D eigenvalue weighted by molar-refractivity contribution is -0.143. The van der Waals surface area contributed by atoms with E-state index in [1.54, 1.807) is 23.1 Å². The SMILES string of the molecule is COC(=O)N[C@H](C(=O)N1[C@@H]2CC[C@@H](C2)[C@H]1C(=O)Nc1ccc(Br)cc1N)C(C)C. The van der Waals surface area contributed by atoms with E-state index in [4.69, 9.17) is 5.73 Å². The van der Waals surface area contributed by atoms with Crippen molar-refractivity contribution in [3.63, 3.8) is 0 Å². The number of amides is 3. The number of nitrogens with zero attached hydrogens (tertiary/aromatic N) is 1. The van der Waals surface area contributed by atoms with E-state index in [-0.39, 0.29) is 29.7 Å². The molecule has 2 bridgehead atoms. The van der Waals surface area contributed by atoms with Crippen LogP contribution < -0.4 is 16.4 Å². The number of methoxy groups -OCH3 is 1. The third-order valence-electron chi connectivity index (χ3n) is 5.77. The molecule has 1 aliphatic carbocycles. The van der Waals surface area contributed by atoms with Crippen LogP contribution in [-0.2, 0) is 14.3 Å². The number of piperidine rings is 1. The topological polar surface area (TPSA) is 114 Å². The Hall–Kier alpha value is -2.29. The predicted octanol–water partition coefficient (Wildman–Crippen LogP) is 2.73. The van der Waals surface area contributed by atoms with Crippen molar-refractivity contribution in [3.8, 4) is 0 Å². The highest BCUT2D eigenvalue weighted by atomic mass is 79.9. The molecule has 0 aromatic heterocycles. The molecule has 1 saturated carbocycles. The van der Waals surface area contributed by atoms with E-state index in [0.29, 0.717) is 11.4 Å². The zero-order chi connectivity index (χ0) is 21.3. The van der Waals surface area contributed by atoms with Crippen molar-refractivity contribution in [2.75, 3.05) is 18.2 Å². The van der Waals surface area contributed by atoms with E-state index in [1.807, 2.05) is 13.8 Å². The van der Waals surface area contributed by atoms with Crippen molar-refractivity contribution in [2.45, 2.75) is 51.2 Å². The van der Waals surface area contributed by atoms with Crippen molar-refractivity contribution in [3.05, 3.63) is 22.7 Å². The first-order chi connectivity index (χ1) is 13.7. The Bertz CT molecular complexity index is 816. The number of ether oxygens (including phenoxy) is 1. The number of nitrogen functional groups attached to an aromatic ring is 1. The summed E-state index contributed by atoms with van der Waals surface area (Å²) >= 11 is 3.35. The summed E-state index contributed by atoms with van der Waals surface area (Å²) in [7, 11) is 1.26. The summed E-state index contributed by atoms with van der Waals surface area (Å²) in [6, 6.07) is 3.91. The van der Waals surface area contributed by atoms with Crippen molar-refractivity contribution in [2.24, 2.45) is 11.8 Å². The first-order valence-electron chi connectivity index (χ1n) is 9.75. The van der Waals surface area contributed by atoms with E-state index in [1.165, 1.54) is 7.11 Å². The molecule has 2 aliphatic rings. The number of rotatable bonds is 5. The summed E-state index contributed by atoms with van der Waals surface area (Å²) in [5, 5.41) is 5.50. The fraction of sp³-hybridized carbons (Fsp3) is 0.550. The molecule has 4 N–H and O–H groups in total. The van der Waals surface area contributed by atoms with E-state index in [9.17, 15) is 14.4 Å². The van der Waals surface area contributed by atoms with Crippen molar-refractivity contribution >= 4 is 45.2 Å². The number of nitrogens with two attached hydrogens (primary N) is 1. The van der Waals surface area contributed by atoms with Crippen LogP contribution in [0.3, 0.4) is 0 Å². The van der Waals surface area contributed by atoms with Crippen LogP contribution in [0.2, 0.25) is 0 Å². The number of nitrogens with one attached hydrogen (secondary N) is 2. The molecule has 0 radical (unpaired) electrons. The number of anilines is 2. The Morgan fingerprint density at radius 1 is 1.28 bits per heavy atom. The molecular weight excluding hydrogens is 440 g/mol. The maximum atomic E-state index is 13.4. The lowest BCUT2D eigenvalue weighted by Gasteiger charge is -2.37. The third-order valence-corrected chi connectivity index (χ3v) is 6.26. The average molecular weight is 467 g/mol. The number of benzene rings is 1. The number of hydrogen-bond donors (Lipinski definition) is 3. The standard InChI is InChI=1S/C20H27BrN4O4/c1-10(2)16(24-20(28)29-3)19(27)25-13-6-4-11(8-13)17(25)18(26)23-15-7-5-12(21)9-14(15)22/h5,7,9-11,13,16-17H,4,6,8,22H2,1-3H3,(H,23,26)(H,24,28)/t11-,13+,16-,17-/m0/s1. The first-order valence-corrected chi connectivity index (χ1v) is 10.5. The predicted molar refractivity (Wildman–Crippen MR) is 113 cm³/mol. The molecule has 1 aromatic rings. The molecular formula is C20H27BrN4O4. The molecule has 1 aromatic carbocycles. The lowest BCUT2D eigenvalue weighted by atomic mass is 9.95. The fourth-order valence-electron chi connectivity index (χ4n) is 4.36. The van der Waals surface area contributed by atoms with Crippen LogP contribution in [0.4, 0.5) is 16.2 Å². The molecule has 9 heteroatoms. The molecule has 158 valence electrons. The molecule has 3 rings (SSSR count). The fourth-order valence-corrected chi connectivity index (χ4v) is 4.74. The minimum atomic E-state index is -0.755. The van der Waals surface area contributed by atoms with Gasteiger partial charge in [0.1, 0.15) is 12.1 Å². The van der Waals surface area contributed by atoms with Crippen LogP contribution in [0.5, 0.6) is 0 Å². The van der Waals surface area contributed by atoms with Crippen LogP contribution in [0.25, 0.3) is 0 Å². The molecule has 3 amide bonds. The summed E-state index contributed by atoms with van der Waals surface area (Å²) in [5.74, 6) is -0.542. The normalized spacial score (nSPS) is 23.8. The summed E-state index contributed by atoms with van der Waals surface area (Å²) < 4.78 is 5.48. The van der Waals surface area contributed by atoms with Gasteiger partial charge in [-0.2, -0.15) is 0 Å². The smallest absolute Gasteiger partial charge is 0.407 e. The Kier molecular flexibility index (Phi) is 6.36. The zero-order valence-corrected chi connectivity index (χ0v) is 18.4. The van der Waals surface area contributed by atoms with Crippen LogP contribution in [0.1, 0.15) is 33.1 Å². The molecule has 8 nitrogen and oxygen atoms in total. The Balaban J connectivity index is 1.82. The van der Waals surface area contributed by atoms with Gasteiger partial charge in [-0.1, -0.05) is 29.8 Å². The first kappa shape index (κ1) is 21.4. The van der Waals surface area contributed by atoms with Crippen LogP contribution in [0.15, 0.2) is 22.7 Å². The van der Waals surface area contributed by atoms with Crippen molar-refractivity contribution in [1.29, 1.82) is 0 Å². The number of fused-ring (bicyclic) bond motifs is 2. The Morgan fingerprint density at radius 3 is 2.62 bits per heavy atom. The van der Waals surface area contributed by atoms with Gasteiger partial charge in [-0.05, 0) is 49.3 Å². The van der Waals surface area contributed by atoms with Gasteiger partial charge in [-0.15, -0.1) is 0 Å². The molecule has 0 spiro atoms. The van der Waals surface area contributed by atoms with Gasteiger partial charge in [0.2, 0.25) is 11.8 Å². The van der Waals surface area contributed by atoms with E-state index in [0.717, 1.165) is 23.7 Å². The van der Waals surface area contributed by atoms with Crippen LogP contribution in [-0.4, -0.2) is 48.0 Å². The zero-order valence-electron chi connectivity index (χ0n) is 16.8. The molecule has 29 heavy (non-hydrogen) atoms. The lowest BCUT2D eigenvalue weighted by Crippen LogP contribution is -2.58. The van der Waals surface area contributed by atoms with Gasteiger partial charge in [0.15, 0.2) is 0 Å². The van der Waals surface area contributed by atoms with Gasteiger partial charge in [-0.3, -0.25) is 9.59 Å². The number of hydrogen-bond acceptors (Lipinski definition) is 5. The summed E-state index contributed by atoms with van der Waals surface area (Å²) in [6.07, 6.45) is 1.90. The maximum absolute atomic E-state index is 13.4.